The van der Waals surface area contributed by atoms with Gasteiger partial charge in [-0.25, -0.2) is 19.3 Å². The van der Waals surface area contributed by atoms with E-state index in [1.807, 2.05) is 97.9 Å². The van der Waals surface area contributed by atoms with Gasteiger partial charge in [0.15, 0.2) is 0 Å². The molecule has 3 aromatic heterocycles. The van der Waals surface area contributed by atoms with E-state index in [9.17, 15) is 40.7 Å². The normalized spacial score (nSPS) is 20.6. The lowest BCUT2D eigenvalue weighted by molar-refractivity contribution is -0.138. The van der Waals surface area contributed by atoms with Crippen LogP contribution in [-0.4, -0.2) is 177 Å². The molecule has 0 radical (unpaired) electrons. The number of para-hydroxylation sites is 1. The van der Waals surface area contributed by atoms with Gasteiger partial charge in [0.05, 0.1) is 61.4 Å². The van der Waals surface area contributed by atoms with Crippen LogP contribution in [0.3, 0.4) is 0 Å². The van der Waals surface area contributed by atoms with Crippen molar-refractivity contribution in [2.45, 2.75) is 282 Å². The average molecular weight is 1770 g/mol. The molecule has 6 aromatic carbocycles. The minimum atomic E-state index is -4.52. The number of piperidine rings is 6. The molecule has 9 aliphatic rings. The molecular formula is C107H135F7N12O3. The molecule has 22 heteroatoms. The topological polar surface area (TPSA) is 145 Å². The summed E-state index contributed by atoms with van der Waals surface area (Å²) >= 11 is 0. The van der Waals surface area contributed by atoms with Crippen molar-refractivity contribution in [2.75, 3.05) is 78.5 Å². The van der Waals surface area contributed by atoms with Crippen molar-refractivity contribution >= 4 is 50.4 Å². The highest BCUT2D eigenvalue weighted by Gasteiger charge is 2.39. The van der Waals surface area contributed by atoms with Gasteiger partial charge in [-0.15, -0.1) is 0 Å². The van der Waals surface area contributed by atoms with Crippen LogP contribution < -0.4 is 16.0 Å². The van der Waals surface area contributed by atoms with Crippen LogP contribution in [0.25, 0.3) is 66.5 Å². The number of halogens is 7. The lowest BCUT2D eigenvalue weighted by Crippen LogP contribution is -2.46. The molecule has 0 unspecified atom stereocenters. The first-order valence-corrected chi connectivity index (χ1v) is 49.3. The minimum absolute atomic E-state index is 0.0197. The van der Waals surface area contributed by atoms with E-state index in [0.717, 1.165) is 187 Å². The Balaban J connectivity index is 0.000000142. The molecule has 6 saturated heterocycles. The summed E-state index contributed by atoms with van der Waals surface area (Å²) in [5, 5.41) is 11.5. The zero-order valence-corrected chi connectivity index (χ0v) is 76.3. The first kappa shape index (κ1) is 93.5. The van der Waals surface area contributed by atoms with E-state index in [1.54, 1.807) is 12.1 Å². The lowest BCUT2D eigenvalue weighted by atomic mass is 9.84. The number of amides is 3. The smallest absolute Gasteiger partial charge is 0.349 e. The number of aromatic nitrogens is 3. The molecular weight excluding hydrogens is 1630 g/mol. The average Bonchev–Trinajstić information content (AvgIpc) is 0.753. The molecule has 690 valence electrons. The maximum Gasteiger partial charge on any atom is 0.416 e. The van der Waals surface area contributed by atoms with Gasteiger partial charge in [0.1, 0.15) is 5.82 Å². The largest absolute Gasteiger partial charge is 0.416 e. The van der Waals surface area contributed by atoms with E-state index in [4.69, 9.17) is 15.0 Å². The van der Waals surface area contributed by atoms with Crippen molar-refractivity contribution in [1.29, 1.82) is 0 Å². The van der Waals surface area contributed by atoms with E-state index >= 15 is 4.39 Å². The van der Waals surface area contributed by atoms with Crippen LogP contribution in [-0.2, 0) is 32.0 Å². The van der Waals surface area contributed by atoms with Crippen LogP contribution in [0, 0.1) is 23.6 Å². The summed E-state index contributed by atoms with van der Waals surface area (Å²) in [5.41, 5.74) is 7.61. The van der Waals surface area contributed by atoms with Crippen LogP contribution in [0.15, 0.2) is 146 Å². The predicted octanol–water partition coefficient (Wildman–Crippen LogP) is 23.3. The Labute approximate surface area is 759 Å². The zero-order valence-electron chi connectivity index (χ0n) is 76.3. The van der Waals surface area contributed by atoms with Gasteiger partial charge in [0.25, 0.3) is 17.7 Å². The molecule has 3 saturated carbocycles. The third kappa shape index (κ3) is 23.3. The first-order chi connectivity index (χ1) is 62.6. The summed E-state index contributed by atoms with van der Waals surface area (Å²) in [4.78, 5) is 72.9. The fourth-order valence-electron chi connectivity index (χ4n) is 22.9. The van der Waals surface area contributed by atoms with Gasteiger partial charge in [-0.1, -0.05) is 174 Å². The highest BCUT2D eigenvalue weighted by atomic mass is 19.4. The first-order valence-electron chi connectivity index (χ1n) is 49.3. The number of rotatable bonds is 21. The third-order valence-corrected chi connectivity index (χ3v) is 30.4. The predicted molar refractivity (Wildman–Crippen MR) is 503 cm³/mol. The molecule has 18 rings (SSSR count). The summed E-state index contributed by atoms with van der Waals surface area (Å²) in [5.74, 6) is 0.403. The summed E-state index contributed by atoms with van der Waals surface area (Å²) in [6.07, 6.45) is 26.7. The number of hydrogen-bond acceptors (Lipinski definition) is 12. The van der Waals surface area contributed by atoms with Gasteiger partial charge in [0, 0.05) is 105 Å². The van der Waals surface area contributed by atoms with Crippen molar-refractivity contribution in [2.24, 2.45) is 17.8 Å². The van der Waals surface area contributed by atoms with Crippen molar-refractivity contribution < 1.29 is 45.1 Å². The van der Waals surface area contributed by atoms with E-state index in [1.165, 1.54) is 160 Å². The summed E-state index contributed by atoms with van der Waals surface area (Å²) < 4.78 is 98.7. The Morgan fingerprint density at radius 2 is 0.651 bits per heavy atom. The van der Waals surface area contributed by atoms with Crippen LogP contribution in [0.4, 0.5) is 30.7 Å². The highest BCUT2D eigenvalue weighted by Crippen LogP contribution is 2.43. The van der Waals surface area contributed by atoms with Gasteiger partial charge in [-0.3, -0.25) is 29.1 Å². The number of nitrogens with zero attached hydrogens (tertiary/aromatic N) is 9. The quantitative estimate of drug-likeness (QED) is 0.0589. The van der Waals surface area contributed by atoms with Gasteiger partial charge < -0.3 is 30.7 Å². The van der Waals surface area contributed by atoms with E-state index in [0.29, 0.717) is 111 Å². The second kappa shape index (κ2) is 43.7. The number of alkyl halides is 6. The molecule has 0 spiro atoms. The molecule has 0 bridgehead atoms. The van der Waals surface area contributed by atoms with Gasteiger partial charge >= 0.3 is 12.4 Å². The SMILES string of the molecule is C[C@H](NC(=O)c1c(CN2CCC(N3CCCCC3)CC2)c(-c2ccccc2)nc2cc(C(F)(F)F)ccc12)C1CCCCC1.C[C@H](NC(=O)c1c(CN2CCC(N3CCCCC3)CC2)c(-c2ccccc2)nc2ccc(C(F)(F)F)cc12)C1CCCCC1.C[C@H](NC(=O)c1c(CN2CCC(N3CCCCC3)CC2)c(-c2ccccc2F)nc2ccccc12)C1CCCCC1. The Bertz CT molecular complexity index is 5210. The number of hydrogen-bond donors (Lipinski definition) is 3. The maximum absolute atomic E-state index is 15.3. The second-order valence-corrected chi connectivity index (χ2v) is 38.9. The second-order valence-electron chi connectivity index (χ2n) is 38.9. The summed E-state index contributed by atoms with van der Waals surface area (Å²) in [7, 11) is 0. The molecule has 15 nitrogen and oxygen atoms in total. The van der Waals surface area contributed by atoms with Gasteiger partial charge in [0.2, 0.25) is 0 Å². The monoisotopic (exact) mass is 1770 g/mol. The van der Waals surface area contributed by atoms with Crippen molar-refractivity contribution in [3.63, 3.8) is 0 Å². The Morgan fingerprint density at radius 3 is 1.05 bits per heavy atom. The number of fused-ring (bicyclic) bond motifs is 3. The highest BCUT2D eigenvalue weighted by molar-refractivity contribution is 6.11. The molecule has 129 heavy (non-hydrogen) atoms. The number of pyridine rings is 3. The van der Waals surface area contributed by atoms with Crippen molar-refractivity contribution in [1.82, 2.24) is 60.3 Å². The van der Waals surface area contributed by atoms with Crippen LogP contribution in [0.5, 0.6) is 0 Å². The molecule has 9 aromatic rings. The van der Waals surface area contributed by atoms with E-state index < -0.39 is 23.5 Å². The van der Waals surface area contributed by atoms with Crippen LogP contribution in [0.2, 0.25) is 0 Å². The zero-order chi connectivity index (χ0) is 89.5. The third-order valence-electron chi connectivity index (χ3n) is 30.4. The number of carbonyl (C=O) groups is 3. The molecule has 9 fully saturated rings. The lowest BCUT2D eigenvalue weighted by Gasteiger charge is -2.40. The standard InChI is InChI=1S/2C36H45F3N4O.C35H45FN4O/c1-25(26-11-5-2-6-12-26)40-35(44)33-30-23-28(36(37,38)39)15-16-32(30)41-34(27-13-7-3-8-14-27)31(33)24-42-21-17-29(18-22-42)43-19-9-4-10-20-43;1-25(26-11-5-2-6-12-26)40-35(44)33-30-16-15-28(36(37,38)39)23-32(30)41-34(27-13-7-3-8-14-27)31(33)24-42-21-17-29(18-22-42)43-19-9-4-10-20-43;1-25(26-12-4-2-5-13-26)37-35(41)33-29-15-7-9-17-32(29)38-34(28-14-6-8-16-31(28)36)30(33)24-39-22-18-27(19-23-39)40-20-10-3-11-21-40/h2*3,7-8,13-16,23,25-26,29H,2,4-6,9-12,17-22,24H2,1H3,(H,40,44);6-9,14-17,25-27H,2-5,10-13,18-24H2,1H3,(H,37,41)/t3*25-/m000/s1. The Kier molecular flexibility index (Phi) is 31.7. The van der Waals surface area contributed by atoms with Gasteiger partial charge in [-0.05, 0) is 281 Å². The number of benzene rings is 6. The summed E-state index contributed by atoms with van der Waals surface area (Å²) in [6, 6.07) is 43.1. The number of likely N-dealkylation sites (tertiary alicyclic amines) is 6. The number of nitrogens with one attached hydrogen (secondary N) is 3. The fourth-order valence-corrected chi connectivity index (χ4v) is 22.9. The minimum Gasteiger partial charge on any atom is -0.349 e. The molecule has 3 aliphatic carbocycles. The molecule has 9 heterocycles. The van der Waals surface area contributed by atoms with Crippen LogP contribution >= 0.6 is 0 Å². The van der Waals surface area contributed by atoms with Gasteiger partial charge in [-0.2, -0.15) is 26.3 Å². The van der Waals surface area contributed by atoms with E-state index in [2.05, 4.69) is 59.2 Å². The Morgan fingerprint density at radius 1 is 0.333 bits per heavy atom. The summed E-state index contributed by atoms with van der Waals surface area (Å²) in [6.45, 7) is 20.6. The maximum atomic E-state index is 15.3. The molecule has 3 amide bonds. The number of carbonyl (C=O) groups excluding carboxylic acids is 3. The molecule has 3 N–H and O–H groups in total. The van der Waals surface area contributed by atoms with E-state index in [-0.39, 0.29) is 52.6 Å². The fraction of sp³-hybridized carbons (Fsp3) is 0.551. The molecule has 6 aliphatic heterocycles. The van der Waals surface area contributed by atoms with Crippen molar-refractivity contribution in [3.05, 3.63) is 196 Å². The van der Waals surface area contributed by atoms with Crippen LogP contribution in [0.1, 0.15) is 272 Å². The molecule has 3 atom stereocenters. The Hall–Kier alpha value is -8.77. The van der Waals surface area contributed by atoms with Crippen molar-refractivity contribution in [3.8, 4) is 33.8 Å².